The second-order valence-electron chi connectivity index (χ2n) is 12.3. The number of carbonyl (C=O) groups is 3. The predicted octanol–water partition coefficient (Wildman–Crippen LogP) is -0.710. The van der Waals surface area contributed by atoms with Crippen molar-refractivity contribution in [3.63, 3.8) is 0 Å². The lowest BCUT2D eigenvalue weighted by atomic mass is 9.78. The average Bonchev–Trinajstić information content (AvgIpc) is 3.27. The number of nitrogens with zero attached hydrogens (tertiary/aromatic N) is 1. The minimum Gasteiger partial charge on any atom is -0.423 e. The minimum absolute atomic E-state index is 0.0139. The lowest BCUT2D eigenvalue weighted by Crippen LogP contribution is -2.50. The van der Waals surface area contributed by atoms with E-state index in [2.05, 4.69) is 10.6 Å². The van der Waals surface area contributed by atoms with E-state index in [1.54, 1.807) is 32.0 Å². The molecule has 0 spiro atoms. The number of hydrogen-bond donors (Lipinski definition) is 8. The van der Waals surface area contributed by atoms with Gasteiger partial charge in [-0.1, -0.05) is 18.2 Å². The summed E-state index contributed by atoms with van der Waals surface area (Å²) in [4.78, 5) is 40.7. The Balaban J connectivity index is 1.72. The number of carbonyl (C=O) groups excluding carboxylic acids is 3. The van der Waals surface area contributed by atoms with Crippen molar-refractivity contribution in [1.29, 1.82) is 0 Å². The van der Waals surface area contributed by atoms with Crippen molar-refractivity contribution in [2.75, 3.05) is 31.5 Å². The molecule has 4 unspecified atom stereocenters. The highest BCUT2D eigenvalue weighted by Gasteiger charge is 2.40. The van der Waals surface area contributed by atoms with Gasteiger partial charge in [0, 0.05) is 38.3 Å². The molecule has 3 rings (SSSR count). The standard InChI is InChI=1S/C31H44BF3N6O7/c1-30(2)23-9-8-20(13-24(23)32(47)48-30)39-29(46)26(11-5-18-3-6-19(7-4-18)31(33,34)35)40-28(45)25(38)10-12-27(44)41(16-21(42)14-36)17-22(43)15-37/h3-4,6-9,13,21-22,25-26,42-43,47H,5,10-12,14-17,36-38H2,1-2H3,(H,39,46)(H,40,45). The molecule has 0 saturated carbocycles. The van der Waals surface area contributed by atoms with Gasteiger partial charge < -0.3 is 52.6 Å². The van der Waals surface area contributed by atoms with Crippen molar-refractivity contribution in [1.82, 2.24) is 10.2 Å². The number of halogens is 3. The number of amides is 3. The summed E-state index contributed by atoms with van der Waals surface area (Å²) in [5.41, 5.74) is 17.4. The molecule has 13 nitrogen and oxygen atoms in total. The van der Waals surface area contributed by atoms with Crippen LogP contribution in [0.25, 0.3) is 0 Å². The molecule has 11 N–H and O–H groups in total. The van der Waals surface area contributed by atoms with Gasteiger partial charge in [0.05, 0.1) is 29.4 Å². The van der Waals surface area contributed by atoms with Crippen LogP contribution in [0.15, 0.2) is 42.5 Å². The summed E-state index contributed by atoms with van der Waals surface area (Å²) in [5, 5.41) is 35.5. The van der Waals surface area contributed by atoms with Gasteiger partial charge in [-0.05, 0) is 74.0 Å². The first-order valence-corrected chi connectivity index (χ1v) is 15.5. The zero-order valence-corrected chi connectivity index (χ0v) is 26.9. The zero-order valence-electron chi connectivity index (χ0n) is 26.9. The van der Waals surface area contributed by atoms with Gasteiger partial charge in [0.1, 0.15) is 6.04 Å². The number of anilines is 1. The summed E-state index contributed by atoms with van der Waals surface area (Å²) in [6.45, 7) is 2.99. The van der Waals surface area contributed by atoms with Gasteiger partial charge in [-0.25, -0.2) is 0 Å². The minimum atomic E-state index is -4.51. The fourth-order valence-electron chi connectivity index (χ4n) is 5.25. The molecule has 4 atom stereocenters. The number of fused-ring (bicyclic) bond motifs is 1. The van der Waals surface area contributed by atoms with Crippen molar-refractivity contribution in [3.8, 4) is 0 Å². The maximum absolute atomic E-state index is 13.5. The number of aliphatic hydroxyl groups is 2. The van der Waals surface area contributed by atoms with Crippen LogP contribution in [0.4, 0.5) is 18.9 Å². The molecule has 17 heteroatoms. The number of hydrogen-bond acceptors (Lipinski definition) is 10. The summed E-state index contributed by atoms with van der Waals surface area (Å²) >= 11 is 0. The molecular weight excluding hydrogens is 636 g/mol. The largest absolute Gasteiger partial charge is 0.492 e. The second kappa shape index (κ2) is 16.7. The van der Waals surface area contributed by atoms with Crippen LogP contribution in [-0.4, -0.2) is 95.4 Å². The van der Waals surface area contributed by atoms with Crippen LogP contribution < -0.4 is 33.3 Å². The molecule has 0 fully saturated rings. The third-order valence-corrected chi connectivity index (χ3v) is 8.04. The molecule has 1 aliphatic heterocycles. The Morgan fingerprint density at radius 1 is 0.979 bits per heavy atom. The lowest BCUT2D eigenvalue weighted by Gasteiger charge is -2.27. The molecule has 1 aliphatic rings. The number of nitrogens with two attached hydrogens (primary N) is 3. The van der Waals surface area contributed by atoms with Crippen LogP contribution in [0.1, 0.15) is 49.8 Å². The maximum atomic E-state index is 13.5. The summed E-state index contributed by atoms with van der Waals surface area (Å²) in [6.07, 6.45) is -6.88. The van der Waals surface area contributed by atoms with E-state index in [0.717, 1.165) is 17.7 Å². The Kier molecular flexibility index (Phi) is 13.5. The molecule has 0 radical (unpaired) electrons. The Labute approximate surface area is 277 Å². The van der Waals surface area contributed by atoms with E-state index in [-0.39, 0.29) is 51.9 Å². The third-order valence-electron chi connectivity index (χ3n) is 8.04. The molecule has 0 aromatic heterocycles. The van der Waals surface area contributed by atoms with Gasteiger partial charge in [0.25, 0.3) is 0 Å². The predicted molar refractivity (Wildman–Crippen MR) is 172 cm³/mol. The fraction of sp³-hybridized carbons (Fsp3) is 0.516. The first-order valence-electron chi connectivity index (χ1n) is 15.5. The Hall–Kier alpha value is -3.58. The van der Waals surface area contributed by atoms with Crippen molar-refractivity contribution in [3.05, 3.63) is 59.2 Å². The van der Waals surface area contributed by atoms with E-state index in [1.165, 1.54) is 17.0 Å². The molecule has 3 amide bonds. The highest BCUT2D eigenvalue weighted by Crippen LogP contribution is 2.31. The van der Waals surface area contributed by atoms with Crippen LogP contribution in [0.2, 0.25) is 0 Å². The number of benzene rings is 2. The number of alkyl halides is 3. The van der Waals surface area contributed by atoms with Crippen molar-refractivity contribution in [2.45, 2.75) is 75.6 Å². The fourth-order valence-corrected chi connectivity index (χ4v) is 5.25. The van der Waals surface area contributed by atoms with Gasteiger partial charge in [0.15, 0.2) is 0 Å². The SMILES string of the molecule is CC1(C)OB(O)c2cc(NC(=O)C(CCc3ccc(C(F)(F)F)cc3)NC(=O)C(N)CCC(=O)N(CC(O)CN)CC(O)CN)ccc21. The first kappa shape index (κ1) is 38.9. The van der Waals surface area contributed by atoms with Gasteiger partial charge >= 0.3 is 13.3 Å². The summed E-state index contributed by atoms with van der Waals surface area (Å²) < 4.78 is 44.6. The molecule has 0 saturated heterocycles. The maximum Gasteiger partial charge on any atom is 0.492 e. The van der Waals surface area contributed by atoms with E-state index < -0.39 is 66.5 Å². The first-order chi connectivity index (χ1) is 22.4. The lowest BCUT2D eigenvalue weighted by molar-refractivity contribution is -0.137. The van der Waals surface area contributed by atoms with Crippen molar-refractivity contribution < 1.29 is 47.4 Å². The molecule has 0 aliphatic carbocycles. The molecule has 1 heterocycles. The number of aryl methyl sites for hydroxylation is 1. The van der Waals surface area contributed by atoms with Gasteiger partial charge in [-0.3, -0.25) is 14.4 Å². The smallest absolute Gasteiger partial charge is 0.423 e. The second-order valence-corrected chi connectivity index (χ2v) is 12.3. The molecule has 264 valence electrons. The Morgan fingerprint density at radius 2 is 1.58 bits per heavy atom. The van der Waals surface area contributed by atoms with E-state index >= 15 is 0 Å². The Bertz CT molecular complexity index is 1400. The molecule has 48 heavy (non-hydrogen) atoms. The van der Waals surface area contributed by atoms with E-state index in [1.807, 2.05) is 0 Å². The van der Waals surface area contributed by atoms with Crippen LogP contribution in [0.5, 0.6) is 0 Å². The van der Waals surface area contributed by atoms with Crippen molar-refractivity contribution >= 4 is 36.0 Å². The topological polar surface area (TPSA) is 226 Å². The van der Waals surface area contributed by atoms with E-state index in [4.69, 9.17) is 21.9 Å². The van der Waals surface area contributed by atoms with E-state index in [0.29, 0.717) is 16.7 Å². The average molecular weight is 681 g/mol. The number of rotatable bonds is 16. The van der Waals surface area contributed by atoms with Crippen LogP contribution >= 0.6 is 0 Å². The molecule has 0 bridgehead atoms. The summed E-state index contributed by atoms with van der Waals surface area (Å²) in [6, 6.07) is 6.86. The number of aliphatic hydroxyl groups excluding tert-OH is 2. The van der Waals surface area contributed by atoms with Crippen molar-refractivity contribution in [2.24, 2.45) is 17.2 Å². The van der Waals surface area contributed by atoms with E-state index in [9.17, 15) is 42.8 Å². The van der Waals surface area contributed by atoms with Crippen LogP contribution in [0, 0.1) is 0 Å². The highest BCUT2D eigenvalue weighted by atomic mass is 19.4. The summed E-state index contributed by atoms with van der Waals surface area (Å²) in [7, 11) is -1.21. The van der Waals surface area contributed by atoms with Crippen LogP contribution in [-0.2, 0) is 37.2 Å². The molecule has 2 aromatic carbocycles. The Morgan fingerprint density at radius 3 is 2.15 bits per heavy atom. The molecule has 2 aromatic rings. The zero-order chi connectivity index (χ0) is 35.8. The quantitative estimate of drug-likeness (QED) is 0.104. The monoisotopic (exact) mass is 680 g/mol. The van der Waals surface area contributed by atoms with Gasteiger partial charge in [-0.15, -0.1) is 0 Å². The van der Waals surface area contributed by atoms with Gasteiger partial charge in [-0.2, -0.15) is 13.2 Å². The summed E-state index contributed by atoms with van der Waals surface area (Å²) in [5.74, 6) is -1.92. The van der Waals surface area contributed by atoms with Crippen LogP contribution in [0.3, 0.4) is 0 Å². The third kappa shape index (κ3) is 10.7. The molecular formula is C31H44BF3N6O7. The van der Waals surface area contributed by atoms with Gasteiger partial charge in [0.2, 0.25) is 17.7 Å². The highest BCUT2D eigenvalue weighted by molar-refractivity contribution is 6.62. The normalized spacial score (nSPS) is 16.4. The number of nitrogens with one attached hydrogen (secondary N) is 2.